The predicted octanol–water partition coefficient (Wildman–Crippen LogP) is 3.89. The Bertz CT molecular complexity index is 1990. The number of hydrogen-bond donors (Lipinski definition) is 0. The van der Waals surface area contributed by atoms with Crippen molar-refractivity contribution in [1.29, 1.82) is 0 Å². The van der Waals surface area contributed by atoms with Gasteiger partial charge in [0, 0.05) is 23.7 Å². The first-order chi connectivity index (χ1) is 22.6. The zero-order chi connectivity index (χ0) is 35.1. The monoisotopic (exact) mass is 732 g/mol. The van der Waals surface area contributed by atoms with E-state index in [9.17, 15) is 33.7 Å². The van der Waals surface area contributed by atoms with Gasteiger partial charge in [0.2, 0.25) is 30.0 Å². The molecule has 0 unspecified atom stereocenters. The van der Waals surface area contributed by atoms with Crippen molar-refractivity contribution in [2.75, 3.05) is 23.0 Å². The van der Waals surface area contributed by atoms with Gasteiger partial charge in [-0.2, -0.15) is 0 Å². The maximum absolute atomic E-state index is 13.1. The normalized spacial score (nSPS) is 20.2. The maximum atomic E-state index is 13.1. The largest absolute Gasteiger partial charge is 0.248 e. The highest BCUT2D eigenvalue weighted by molar-refractivity contribution is 7.92. The summed E-state index contributed by atoms with van der Waals surface area (Å²) in [6.07, 6.45) is 0. The van der Waals surface area contributed by atoms with E-state index in [0.29, 0.717) is 0 Å². The summed E-state index contributed by atoms with van der Waals surface area (Å²) < 4.78 is 105. The minimum atomic E-state index is -4.05. The summed E-state index contributed by atoms with van der Waals surface area (Å²) >= 11 is 0. The predicted molar refractivity (Wildman–Crippen MR) is 179 cm³/mol. The molecule has 16 heteroatoms. The summed E-state index contributed by atoms with van der Waals surface area (Å²) in [6.45, 7) is 5.70. The molecule has 2 aromatic carbocycles. The van der Waals surface area contributed by atoms with Crippen molar-refractivity contribution in [2.24, 2.45) is 0 Å². The Labute approximate surface area is 281 Å². The van der Waals surface area contributed by atoms with E-state index >= 15 is 0 Å². The highest BCUT2D eigenvalue weighted by Crippen LogP contribution is 2.66. The van der Waals surface area contributed by atoms with Crippen LogP contribution in [0.1, 0.15) is 73.9 Å². The molecule has 0 spiro atoms. The molecule has 1 fully saturated rings. The number of nitrogens with zero attached hydrogens (tertiary/aromatic N) is 4. The third-order valence-electron chi connectivity index (χ3n) is 8.72. The highest BCUT2D eigenvalue weighted by Gasteiger charge is 2.55. The Morgan fingerprint density at radius 1 is 0.438 bits per heavy atom. The van der Waals surface area contributed by atoms with E-state index in [0.717, 1.165) is 11.1 Å². The van der Waals surface area contributed by atoms with Crippen molar-refractivity contribution in [3.63, 3.8) is 0 Å². The van der Waals surface area contributed by atoms with E-state index in [1.165, 1.54) is 39.8 Å². The van der Waals surface area contributed by atoms with E-state index < -0.39 is 83.4 Å². The first-order valence-electron chi connectivity index (χ1n) is 15.4. The lowest BCUT2D eigenvalue weighted by Crippen LogP contribution is -2.41. The van der Waals surface area contributed by atoms with Crippen molar-refractivity contribution in [3.8, 4) is 0 Å². The first kappa shape index (κ1) is 35.7. The minimum Gasteiger partial charge on any atom is -0.223 e. The van der Waals surface area contributed by atoms with Crippen LogP contribution in [0.25, 0.3) is 0 Å². The first-order valence-corrected chi connectivity index (χ1v) is 22.0. The molecule has 1 aliphatic carbocycles. The summed E-state index contributed by atoms with van der Waals surface area (Å²) in [7, 11) is -16.1. The second kappa shape index (κ2) is 13.4. The second-order valence-corrected chi connectivity index (χ2v) is 20.2. The van der Waals surface area contributed by atoms with Crippen LogP contribution in [-0.2, 0) is 39.3 Å². The summed E-state index contributed by atoms with van der Waals surface area (Å²) in [6, 6.07) is 20.8. The Hall–Kier alpha value is -3.60. The molecule has 12 nitrogen and oxygen atoms in total. The minimum absolute atomic E-state index is 0.167. The fourth-order valence-electron chi connectivity index (χ4n) is 6.00. The standard InChI is InChI=1S/C32H36N4O8S4/c1-5-45(37,38)25-19-23(33-31(35-25)47(41,42)7-3)29-27(21-15-11-9-12-16-21)30(28(29)22-17-13-10-14-18-22)24-20-26(46(39,40)6-2)36-32(34-24)48(43,44)8-4/h9-20,27-30H,5-8H2,1-4H3. The number of sulfone groups is 4. The maximum Gasteiger partial charge on any atom is 0.248 e. The lowest BCUT2D eigenvalue weighted by Gasteiger charge is -2.52. The van der Waals surface area contributed by atoms with Gasteiger partial charge in [0.15, 0.2) is 29.7 Å². The third kappa shape index (κ3) is 6.67. The van der Waals surface area contributed by atoms with Crippen molar-refractivity contribution >= 4 is 39.3 Å². The molecule has 0 N–H and O–H groups in total. The smallest absolute Gasteiger partial charge is 0.223 e. The molecule has 0 saturated heterocycles. The third-order valence-corrected chi connectivity index (χ3v) is 14.9. The lowest BCUT2D eigenvalue weighted by molar-refractivity contribution is 0.217. The second-order valence-electron chi connectivity index (χ2n) is 11.4. The number of hydrogen-bond acceptors (Lipinski definition) is 12. The van der Waals surface area contributed by atoms with Gasteiger partial charge in [-0.15, -0.1) is 0 Å². The van der Waals surface area contributed by atoms with Crippen LogP contribution >= 0.6 is 0 Å². The molecule has 0 atom stereocenters. The zero-order valence-corrected chi connectivity index (χ0v) is 30.0. The molecule has 48 heavy (non-hydrogen) atoms. The molecule has 0 amide bonds. The summed E-state index contributed by atoms with van der Waals surface area (Å²) in [5.74, 6) is -3.84. The topological polar surface area (TPSA) is 188 Å². The number of aromatic nitrogens is 4. The van der Waals surface area contributed by atoms with Gasteiger partial charge in [0.05, 0.1) is 34.4 Å². The molecular formula is C32H36N4O8S4. The van der Waals surface area contributed by atoms with Crippen molar-refractivity contribution < 1.29 is 33.7 Å². The zero-order valence-electron chi connectivity index (χ0n) is 26.8. The Morgan fingerprint density at radius 2 is 0.750 bits per heavy atom. The average molecular weight is 733 g/mol. The molecule has 256 valence electrons. The summed E-state index contributed by atoms with van der Waals surface area (Å²) in [5, 5.41) is -2.05. The molecular weight excluding hydrogens is 697 g/mol. The van der Waals surface area contributed by atoms with E-state index in [4.69, 9.17) is 0 Å². The van der Waals surface area contributed by atoms with Gasteiger partial charge >= 0.3 is 0 Å². The fraction of sp³-hybridized carbons (Fsp3) is 0.375. The quantitative estimate of drug-likeness (QED) is 0.151. The van der Waals surface area contributed by atoms with Crippen LogP contribution in [0.15, 0.2) is 93.2 Å². The molecule has 5 rings (SSSR count). The average Bonchev–Trinajstić information content (AvgIpc) is 3.08. The number of benzene rings is 2. The SMILES string of the molecule is CCS(=O)(=O)c1cc(C2C(c3ccccc3)C(c3cc(S(=O)(=O)CC)nc(S(=O)(=O)CC)n3)C2c2ccccc2)nc(S(=O)(=O)CC)n1. The van der Waals surface area contributed by atoms with E-state index in [-0.39, 0.29) is 34.4 Å². The van der Waals surface area contributed by atoms with Crippen LogP contribution in [0.2, 0.25) is 0 Å². The van der Waals surface area contributed by atoms with Crippen LogP contribution in [0, 0.1) is 0 Å². The van der Waals surface area contributed by atoms with Gasteiger partial charge in [0.25, 0.3) is 0 Å². The molecule has 0 bridgehead atoms. The van der Waals surface area contributed by atoms with Gasteiger partial charge in [-0.3, -0.25) is 0 Å². The van der Waals surface area contributed by atoms with Crippen LogP contribution in [0.4, 0.5) is 0 Å². The molecule has 1 aliphatic rings. The van der Waals surface area contributed by atoms with Gasteiger partial charge in [-0.05, 0) is 23.3 Å². The van der Waals surface area contributed by atoms with Gasteiger partial charge in [-0.25, -0.2) is 53.6 Å². The molecule has 1 saturated carbocycles. The van der Waals surface area contributed by atoms with Crippen LogP contribution in [0.3, 0.4) is 0 Å². The molecule has 2 aromatic heterocycles. The molecule has 0 aliphatic heterocycles. The van der Waals surface area contributed by atoms with Crippen molar-refractivity contribution in [1.82, 2.24) is 19.9 Å². The summed E-state index contributed by atoms with van der Waals surface area (Å²) in [5.41, 5.74) is 1.83. The van der Waals surface area contributed by atoms with Gasteiger partial charge in [0.1, 0.15) is 0 Å². The Kier molecular flexibility index (Phi) is 9.94. The summed E-state index contributed by atoms with van der Waals surface area (Å²) in [4.78, 5) is 16.9. The van der Waals surface area contributed by atoms with E-state index in [1.807, 2.05) is 36.4 Å². The van der Waals surface area contributed by atoms with E-state index in [1.54, 1.807) is 24.3 Å². The molecule has 0 radical (unpaired) electrons. The Morgan fingerprint density at radius 3 is 1.04 bits per heavy atom. The van der Waals surface area contributed by atoms with Crippen LogP contribution in [-0.4, -0.2) is 76.6 Å². The van der Waals surface area contributed by atoms with Crippen molar-refractivity contribution in [3.05, 3.63) is 95.3 Å². The van der Waals surface area contributed by atoms with Crippen LogP contribution < -0.4 is 0 Å². The highest BCUT2D eigenvalue weighted by atomic mass is 32.2. The molecule has 4 aromatic rings. The van der Waals surface area contributed by atoms with Gasteiger partial charge in [-0.1, -0.05) is 88.4 Å². The number of rotatable bonds is 12. The van der Waals surface area contributed by atoms with Crippen molar-refractivity contribution in [2.45, 2.75) is 71.7 Å². The van der Waals surface area contributed by atoms with E-state index in [2.05, 4.69) is 19.9 Å². The van der Waals surface area contributed by atoms with Gasteiger partial charge < -0.3 is 0 Å². The fourth-order valence-corrected chi connectivity index (χ4v) is 9.24. The lowest BCUT2D eigenvalue weighted by atomic mass is 9.50. The molecule has 2 heterocycles. The Balaban J connectivity index is 1.86. The van der Waals surface area contributed by atoms with Crippen LogP contribution in [0.5, 0.6) is 0 Å².